The van der Waals surface area contributed by atoms with E-state index in [1.54, 1.807) is 7.05 Å². The summed E-state index contributed by atoms with van der Waals surface area (Å²) < 4.78 is 6.69. The van der Waals surface area contributed by atoms with Gasteiger partial charge in [-0.25, -0.2) is 4.79 Å². The van der Waals surface area contributed by atoms with Gasteiger partial charge in [0.1, 0.15) is 18.2 Å². The number of aromatic nitrogens is 2. The number of amides is 3. The van der Waals surface area contributed by atoms with E-state index in [9.17, 15) is 34.2 Å². The fourth-order valence-corrected chi connectivity index (χ4v) is 4.28. The number of aliphatic hydroxyl groups is 2. The third kappa shape index (κ3) is 6.79. The summed E-state index contributed by atoms with van der Waals surface area (Å²) >= 11 is 0. The van der Waals surface area contributed by atoms with Crippen molar-refractivity contribution in [1.82, 2.24) is 35.7 Å². The average molecular weight is 527 g/mol. The fraction of sp³-hybridized carbons (Fsp3) is 0.667. The van der Waals surface area contributed by atoms with Gasteiger partial charge in [-0.1, -0.05) is 0 Å². The van der Waals surface area contributed by atoms with Crippen LogP contribution in [0.15, 0.2) is 21.9 Å². The smallest absolute Gasteiger partial charge is 0.330 e. The van der Waals surface area contributed by atoms with E-state index in [1.165, 1.54) is 4.90 Å². The highest BCUT2D eigenvalue weighted by Gasteiger charge is 2.50. The Hall–Kier alpha value is -3.15. The van der Waals surface area contributed by atoms with Crippen molar-refractivity contribution in [3.8, 4) is 0 Å². The Kier molecular flexibility index (Phi) is 9.90. The molecule has 2 saturated heterocycles. The molecule has 0 bridgehead atoms. The SMILES string of the molecule is CNCC(=O)N[C@H](CCN)C(=O)N[C@H]1[C@H](O)[C@@H](O)[C@H](n2ccc(=O)[nH]c2=O)O[C@@H]1C(=O)N1CCNCC1. The van der Waals surface area contributed by atoms with Gasteiger partial charge in [0.05, 0.1) is 12.6 Å². The molecule has 3 rings (SSSR count). The number of nitrogens with zero attached hydrogens (tertiary/aromatic N) is 2. The second-order valence-corrected chi connectivity index (χ2v) is 8.78. The van der Waals surface area contributed by atoms with Crippen molar-refractivity contribution in [3.63, 3.8) is 0 Å². The molecule has 2 aliphatic heterocycles. The van der Waals surface area contributed by atoms with Gasteiger partial charge >= 0.3 is 5.69 Å². The van der Waals surface area contributed by atoms with E-state index in [-0.39, 0.29) is 19.5 Å². The molecule has 3 amide bonds. The van der Waals surface area contributed by atoms with E-state index < -0.39 is 65.6 Å². The highest BCUT2D eigenvalue weighted by atomic mass is 16.5. The molecule has 6 atom stereocenters. The number of H-pyrrole nitrogens is 1. The minimum absolute atomic E-state index is 0.0536. The predicted molar refractivity (Wildman–Crippen MR) is 128 cm³/mol. The largest absolute Gasteiger partial charge is 0.388 e. The monoisotopic (exact) mass is 526 g/mol. The summed E-state index contributed by atoms with van der Waals surface area (Å²) in [6.45, 7) is 1.69. The van der Waals surface area contributed by atoms with E-state index in [1.807, 2.05) is 4.98 Å². The maximum atomic E-state index is 13.5. The first-order valence-electron chi connectivity index (χ1n) is 11.9. The molecule has 3 heterocycles. The van der Waals surface area contributed by atoms with Crippen molar-refractivity contribution in [3.05, 3.63) is 33.1 Å². The zero-order chi connectivity index (χ0) is 27.1. The second-order valence-electron chi connectivity index (χ2n) is 8.78. The average Bonchev–Trinajstić information content (AvgIpc) is 2.87. The van der Waals surface area contributed by atoms with Gasteiger partial charge in [-0.05, 0) is 20.0 Å². The number of aliphatic hydroxyl groups excluding tert-OH is 2. The number of carbonyl (C=O) groups is 3. The summed E-state index contributed by atoms with van der Waals surface area (Å²) in [4.78, 5) is 65.9. The first-order valence-corrected chi connectivity index (χ1v) is 11.9. The van der Waals surface area contributed by atoms with Crippen LogP contribution >= 0.6 is 0 Å². The van der Waals surface area contributed by atoms with Crippen LogP contribution < -0.4 is 38.2 Å². The molecule has 0 unspecified atom stereocenters. The number of likely N-dealkylation sites (N-methyl/N-ethyl adjacent to an activating group) is 1. The maximum absolute atomic E-state index is 13.5. The molecule has 2 fully saturated rings. The summed E-state index contributed by atoms with van der Waals surface area (Å²) in [5.74, 6) is -1.79. The van der Waals surface area contributed by atoms with Crippen LogP contribution in [0.2, 0.25) is 0 Å². The molecular weight excluding hydrogens is 492 g/mol. The van der Waals surface area contributed by atoms with Gasteiger partial charge < -0.3 is 46.9 Å². The number of rotatable bonds is 9. The van der Waals surface area contributed by atoms with E-state index in [0.29, 0.717) is 26.2 Å². The Bertz CT molecular complexity index is 1070. The molecule has 1 aromatic rings. The zero-order valence-corrected chi connectivity index (χ0v) is 20.4. The number of hydrogen-bond acceptors (Lipinski definition) is 11. The lowest BCUT2D eigenvalue weighted by Gasteiger charge is -2.44. The van der Waals surface area contributed by atoms with Crippen LogP contribution in [0.4, 0.5) is 0 Å². The molecule has 0 saturated carbocycles. The fourth-order valence-electron chi connectivity index (χ4n) is 4.28. The van der Waals surface area contributed by atoms with Crippen molar-refractivity contribution in [1.29, 1.82) is 0 Å². The van der Waals surface area contributed by atoms with Gasteiger partial charge in [-0.15, -0.1) is 0 Å². The van der Waals surface area contributed by atoms with Gasteiger partial charge in [-0.3, -0.25) is 28.7 Å². The lowest BCUT2D eigenvalue weighted by Crippen LogP contribution is -2.68. The highest BCUT2D eigenvalue weighted by Crippen LogP contribution is 2.29. The molecule has 16 nitrogen and oxygen atoms in total. The third-order valence-corrected chi connectivity index (χ3v) is 6.17. The van der Waals surface area contributed by atoms with Gasteiger partial charge in [0.2, 0.25) is 11.8 Å². The van der Waals surface area contributed by atoms with Gasteiger partial charge in [0, 0.05) is 38.4 Å². The first kappa shape index (κ1) is 28.4. The lowest BCUT2D eigenvalue weighted by atomic mass is 9.93. The molecule has 0 spiro atoms. The molecular formula is C21H34N8O8. The first-order chi connectivity index (χ1) is 17.7. The Morgan fingerprint density at radius 2 is 1.92 bits per heavy atom. The molecule has 37 heavy (non-hydrogen) atoms. The van der Waals surface area contributed by atoms with Crippen molar-refractivity contribution in [2.45, 2.75) is 43.0 Å². The van der Waals surface area contributed by atoms with Crippen LogP contribution in [0.1, 0.15) is 12.6 Å². The minimum Gasteiger partial charge on any atom is -0.388 e. The summed E-state index contributed by atoms with van der Waals surface area (Å²) in [5.41, 5.74) is 3.99. The van der Waals surface area contributed by atoms with Crippen molar-refractivity contribution in [2.24, 2.45) is 5.73 Å². The van der Waals surface area contributed by atoms with Crippen LogP contribution in [0.25, 0.3) is 0 Å². The zero-order valence-electron chi connectivity index (χ0n) is 20.4. The molecule has 16 heteroatoms. The van der Waals surface area contributed by atoms with Crippen LogP contribution in [-0.2, 0) is 19.1 Å². The summed E-state index contributed by atoms with van der Waals surface area (Å²) in [6, 6.07) is -1.48. The predicted octanol–water partition coefficient (Wildman–Crippen LogP) is -5.87. The van der Waals surface area contributed by atoms with Crippen molar-refractivity contribution >= 4 is 17.7 Å². The maximum Gasteiger partial charge on any atom is 0.330 e. The van der Waals surface area contributed by atoms with Crippen molar-refractivity contribution in [2.75, 3.05) is 46.3 Å². The van der Waals surface area contributed by atoms with Gasteiger partial charge in [0.15, 0.2) is 12.3 Å². The van der Waals surface area contributed by atoms with Crippen molar-refractivity contribution < 1.29 is 29.3 Å². The van der Waals surface area contributed by atoms with E-state index in [4.69, 9.17) is 10.5 Å². The van der Waals surface area contributed by atoms with Crippen LogP contribution in [0.5, 0.6) is 0 Å². The number of carbonyl (C=O) groups excluding carboxylic acids is 3. The molecule has 1 aromatic heterocycles. The molecule has 0 aliphatic carbocycles. The summed E-state index contributed by atoms with van der Waals surface area (Å²) in [5, 5.41) is 32.7. The standard InChI is InChI=1S/C21H34N8O8/c1-23-10-13(31)25-11(2-4-22)18(34)27-14-15(32)16(33)20(29-7-3-12(30)26-21(29)36)37-17(14)19(35)28-8-5-24-6-9-28/h3,7,11,14-17,20,23-24,32-33H,2,4-6,8-10,22H2,1H3,(H,25,31)(H,27,34)(H,26,30,36)/t11-,14+,15+,16-,17+,20-/m1/s1. The Morgan fingerprint density at radius 3 is 2.54 bits per heavy atom. The number of nitrogens with one attached hydrogen (secondary N) is 5. The summed E-state index contributed by atoms with van der Waals surface area (Å²) in [7, 11) is 1.56. The Morgan fingerprint density at radius 1 is 1.22 bits per heavy atom. The normalized spacial score (nSPS) is 26.8. The molecule has 0 aromatic carbocycles. The number of nitrogens with two attached hydrogens (primary N) is 1. The minimum atomic E-state index is -1.77. The Labute approximate surface area is 211 Å². The van der Waals surface area contributed by atoms with E-state index in [0.717, 1.165) is 16.8 Å². The van der Waals surface area contributed by atoms with Crippen LogP contribution in [0, 0.1) is 0 Å². The number of aromatic amines is 1. The van der Waals surface area contributed by atoms with Crippen LogP contribution in [0.3, 0.4) is 0 Å². The molecule has 0 radical (unpaired) electrons. The third-order valence-electron chi connectivity index (χ3n) is 6.17. The van der Waals surface area contributed by atoms with E-state index in [2.05, 4.69) is 21.3 Å². The number of hydrogen-bond donors (Lipinski definition) is 8. The lowest BCUT2D eigenvalue weighted by molar-refractivity contribution is -0.218. The molecule has 2 aliphatic rings. The second kappa shape index (κ2) is 12.9. The van der Waals surface area contributed by atoms with Gasteiger partial charge in [-0.2, -0.15) is 0 Å². The molecule has 206 valence electrons. The highest BCUT2D eigenvalue weighted by molar-refractivity contribution is 5.89. The quantitative estimate of drug-likeness (QED) is 0.151. The number of ether oxygens (including phenoxy) is 1. The van der Waals surface area contributed by atoms with E-state index >= 15 is 0 Å². The van der Waals surface area contributed by atoms with Gasteiger partial charge in [0.25, 0.3) is 11.5 Å². The summed E-state index contributed by atoms with van der Waals surface area (Å²) in [6.07, 6.45) is -5.44. The Balaban J connectivity index is 1.90. The topological polar surface area (TPSA) is 233 Å². The number of piperazine rings is 1. The van der Waals surface area contributed by atoms with Crippen LogP contribution in [-0.4, -0.2) is 119 Å². The molecule has 9 N–H and O–H groups in total.